The molecule has 2 aliphatic heterocycles. The average molecular weight is 402 g/mol. The van der Waals surface area contributed by atoms with E-state index >= 15 is 0 Å². The maximum atomic E-state index is 12.9. The van der Waals surface area contributed by atoms with E-state index in [1.807, 2.05) is 32.0 Å². The Labute approximate surface area is 167 Å². The van der Waals surface area contributed by atoms with Crippen LogP contribution in [0.3, 0.4) is 0 Å². The maximum absolute atomic E-state index is 12.9. The molecule has 2 aromatic rings. The summed E-state index contributed by atoms with van der Waals surface area (Å²) in [5.74, 6) is 1.68. The quantitative estimate of drug-likeness (QED) is 0.782. The number of anilines is 2. The fourth-order valence-electron chi connectivity index (χ4n) is 3.77. The number of hydrogen-bond donors (Lipinski definition) is 0. The van der Waals surface area contributed by atoms with E-state index in [0.29, 0.717) is 31.1 Å². The smallest absolute Gasteiger partial charge is 0.243 e. The minimum Gasteiger partial charge on any atom is -0.354 e. The Morgan fingerprint density at radius 3 is 2.11 bits per heavy atom. The van der Waals surface area contributed by atoms with Crippen LogP contribution in [-0.2, 0) is 10.0 Å². The molecule has 1 aromatic heterocycles. The van der Waals surface area contributed by atoms with Gasteiger partial charge in [-0.15, -0.1) is 0 Å². The van der Waals surface area contributed by atoms with E-state index < -0.39 is 10.0 Å². The van der Waals surface area contributed by atoms with Gasteiger partial charge < -0.3 is 9.80 Å². The molecule has 0 bridgehead atoms. The van der Waals surface area contributed by atoms with Crippen molar-refractivity contribution in [1.29, 1.82) is 0 Å². The van der Waals surface area contributed by atoms with E-state index in [1.54, 1.807) is 16.4 Å². The van der Waals surface area contributed by atoms with E-state index in [4.69, 9.17) is 4.98 Å². The number of nitrogens with zero attached hydrogens (tertiary/aromatic N) is 5. The van der Waals surface area contributed by atoms with Gasteiger partial charge in [0.2, 0.25) is 16.0 Å². The molecule has 28 heavy (non-hydrogen) atoms. The number of rotatable bonds is 4. The van der Waals surface area contributed by atoms with Gasteiger partial charge in [-0.1, -0.05) is 17.7 Å². The van der Waals surface area contributed by atoms with Crippen molar-refractivity contribution in [2.45, 2.75) is 31.6 Å². The van der Waals surface area contributed by atoms with E-state index in [2.05, 4.69) is 14.8 Å². The molecule has 2 aliphatic rings. The molecular weight excluding hydrogens is 374 g/mol. The van der Waals surface area contributed by atoms with Crippen LogP contribution in [0.15, 0.2) is 35.2 Å². The zero-order valence-electron chi connectivity index (χ0n) is 16.5. The monoisotopic (exact) mass is 401 g/mol. The Balaban J connectivity index is 1.47. The van der Waals surface area contributed by atoms with Gasteiger partial charge in [0.1, 0.15) is 5.82 Å². The summed E-state index contributed by atoms with van der Waals surface area (Å²) in [7, 11) is -3.45. The van der Waals surface area contributed by atoms with Crippen molar-refractivity contribution >= 4 is 21.8 Å². The van der Waals surface area contributed by atoms with Crippen molar-refractivity contribution in [3.8, 4) is 0 Å². The maximum Gasteiger partial charge on any atom is 0.243 e. The molecule has 4 rings (SSSR count). The number of sulfonamides is 1. The van der Waals surface area contributed by atoms with Gasteiger partial charge in [-0.05, 0) is 38.8 Å². The van der Waals surface area contributed by atoms with Crippen LogP contribution in [0, 0.1) is 13.8 Å². The largest absolute Gasteiger partial charge is 0.354 e. The molecule has 8 heteroatoms. The summed E-state index contributed by atoms with van der Waals surface area (Å²) in [6, 6.07) is 9.05. The molecule has 7 nitrogen and oxygen atoms in total. The summed E-state index contributed by atoms with van der Waals surface area (Å²) in [6.07, 6.45) is 2.37. The molecule has 2 fully saturated rings. The lowest BCUT2D eigenvalue weighted by Gasteiger charge is -2.35. The lowest BCUT2D eigenvalue weighted by molar-refractivity contribution is 0.383. The summed E-state index contributed by atoms with van der Waals surface area (Å²) in [6.45, 7) is 8.12. The van der Waals surface area contributed by atoms with Crippen LogP contribution in [0.1, 0.15) is 24.1 Å². The predicted molar refractivity (Wildman–Crippen MR) is 110 cm³/mol. The Morgan fingerprint density at radius 2 is 1.46 bits per heavy atom. The molecule has 0 radical (unpaired) electrons. The zero-order valence-corrected chi connectivity index (χ0v) is 17.3. The minimum absolute atomic E-state index is 0.362. The van der Waals surface area contributed by atoms with Crippen LogP contribution >= 0.6 is 0 Å². The molecule has 0 N–H and O–H groups in total. The van der Waals surface area contributed by atoms with E-state index in [-0.39, 0.29) is 0 Å². The van der Waals surface area contributed by atoms with Crippen LogP contribution in [0.5, 0.6) is 0 Å². The third kappa shape index (κ3) is 3.84. The van der Waals surface area contributed by atoms with Gasteiger partial charge in [0.05, 0.1) is 4.90 Å². The topological polar surface area (TPSA) is 69.6 Å². The second-order valence-electron chi connectivity index (χ2n) is 7.57. The van der Waals surface area contributed by atoms with Gasteiger partial charge in [-0.25, -0.2) is 13.4 Å². The van der Waals surface area contributed by atoms with Gasteiger partial charge in [-0.2, -0.15) is 9.29 Å². The second-order valence-corrected chi connectivity index (χ2v) is 9.50. The predicted octanol–water partition coefficient (Wildman–Crippen LogP) is 2.20. The van der Waals surface area contributed by atoms with Crippen molar-refractivity contribution < 1.29 is 8.42 Å². The third-order valence-electron chi connectivity index (χ3n) is 5.44. The molecular formula is C20H27N5O2S. The summed E-state index contributed by atoms with van der Waals surface area (Å²) >= 11 is 0. The first-order valence-electron chi connectivity index (χ1n) is 9.86. The molecule has 2 saturated heterocycles. The third-order valence-corrected chi connectivity index (χ3v) is 7.35. The lowest BCUT2D eigenvalue weighted by Crippen LogP contribution is -2.49. The number of hydrogen-bond acceptors (Lipinski definition) is 6. The lowest BCUT2D eigenvalue weighted by atomic mass is 10.2. The SMILES string of the molecule is Cc1ccc(S(=O)(=O)N2CCN(c3cc(C)nc(N4CCCC4)n3)CC2)cc1. The van der Waals surface area contributed by atoms with Crippen LogP contribution in [0.4, 0.5) is 11.8 Å². The van der Waals surface area contributed by atoms with Gasteiger partial charge in [-0.3, -0.25) is 0 Å². The fourth-order valence-corrected chi connectivity index (χ4v) is 5.20. The van der Waals surface area contributed by atoms with Crippen molar-refractivity contribution in [2.24, 2.45) is 0 Å². The summed E-state index contributed by atoms with van der Waals surface area (Å²) < 4.78 is 27.4. The Bertz CT molecular complexity index is 932. The van der Waals surface area contributed by atoms with Gasteiger partial charge in [0.25, 0.3) is 0 Å². The van der Waals surface area contributed by atoms with E-state index in [9.17, 15) is 8.42 Å². The summed E-state index contributed by atoms with van der Waals surface area (Å²) in [5, 5.41) is 0. The second kappa shape index (κ2) is 7.67. The number of benzene rings is 1. The van der Waals surface area contributed by atoms with E-state index in [0.717, 1.165) is 36.1 Å². The first-order valence-corrected chi connectivity index (χ1v) is 11.3. The Morgan fingerprint density at radius 1 is 0.821 bits per heavy atom. The highest BCUT2D eigenvalue weighted by Gasteiger charge is 2.29. The standard InChI is InChI=1S/C20H27N5O2S/c1-16-5-7-18(8-6-16)28(26,27)25-13-11-23(12-14-25)19-15-17(2)21-20(22-19)24-9-3-4-10-24/h5-8,15H,3-4,9-14H2,1-2H3. The summed E-state index contributed by atoms with van der Waals surface area (Å²) in [5.41, 5.74) is 2.00. The van der Waals surface area contributed by atoms with Gasteiger partial charge >= 0.3 is 0 Å². The molecule has 0 saturated carbocycles. The van der Waals surface area contributed by atoms with Crippen molar-refractivity contribution in [1.82, 2.24) is 14.3 Å². The summed E-state index contributed by atoms with van der Waals surface area (Å²) in [4.78, 5) is 14.1. The van der Waals surface area contributed by atoms with Crippen LogP contribution in [-0.4, -0.2) is 62.0 Å². The number of aryl methyl sites for hydroxylation is 2. The first-order chi connectivity index (χ1) is 13.4. The number of aromatic nitrogens is 2. The van der Waals surface area contributed by atoms with E-state index in [1.165, 1.54) is 12.8 Å². The van der Waals surface area contributed by atoms with Gasteiger partial charge in [0.15, 0.2) is 0 Å². The normalized spacial score (nSPS) is 18.6. The first kappa shape index (κ1) is 19.1. The Kier molecular flexibility index (Phi) is 5.25. The average Bonchev–Trinajstić information content (AvgIpc) is 3.23. The molecule has 1 aromatic carbocycles. The fraction of sp³-hybridized carbons (Fsp3) is 0.500. The van der Waals surface area contributed by atoms with Gasteiger partial charge in [0, 0.05) is 51.0 Å². The molecule has 3 heterocycles. The zero-order chi connectivity index (χ0) is 19.7. The number of piperazine rings is 1. The molecule has 0 aliphatic carbocycles. The van der Waals surface area contributed by atoms with Crippen LogP contribution in [0.2, 0.25) is 0 Å². The van der Waals surface area contributed by atoms with Crippen LogP contribution < -0.4 is 9.80 Å². The molecule has 0 atom stereocenters. The highest BCUT2D eigenvalue weighted by atomic mass is 32.2. The molecule has 0 amide bonds. The highest BCUT2D eigenvalue weighted by Crippen LogP contribution is 2.23. The molecule has 150 valence electrons. The van der Waals surface area contributed by atoms with Crippen molar-refractivity contribution in [3.63, 3.8) is 0 Å². The van der Waals surface area contributed by atoms with Crippen LogP contribution in [0.25, 0.3) is 0 Å². The molecule has 0 spiro atoms. The Hall–Kier alpha value is -2.19. The van der Waals surface area contributed by atoms with Crippen molar-refractivity contribution in [2.75, 3.05) is 49.1 Å². The molecule has 0 unspecified atom stereocenters. The van der Waals surface area contributed by atoms with Crippen molar-refractivity contribution in [3.05, 3.63) is 41.6 Å². The highest BCUT2D eigenvalue weighted by molar-refractivity contribution is 7.89. The minimum atomic E-state index is -3.45.